The van der Waals surface area contributed by atoms with Crippen molar-refractivity contribution in [3.05, 3.63) is 53.6 Å². The van der Waals surface area contributed by atoms with Gasteiger partial charge in [-0.2, -0.15) is 0 Å². The number of nitrogens with zero attached hydrogens (tertiary/aromatic N) is 2. The van der Waals surface area contributed by atoms with Crippen LogP contribution < -0.4 is 5.32 Å². The predicted molar refractivity (Wildman–Crippen MR) is 83.8 cm³/mol. The number of imidazole rings is 1. The minimum absolute atomic E-state index is 0.336. The number of nitrogens with one attached hydrogen (secondary N) is 1. The average Bonchev–Trinajstić information content (AvgIpc) is 2.90. The minimum atomic E-state index is 0.336. The van der Waals surface area contributed by atoms with E-state index in [1.54, 1.807) is 0 Å². The standard InChI is InChI=1S/C17H25N3/c1-4-9-18-16(15-8-6-7-14(3)12-15)13-17-19-10-11-20(17)5-2/h6-8,10-12,16,18H,4-5,9,13H2,1-3H3. The summed E-state index contributed by atoms with van der Waals surface area (Å²) in [5.41, 5.74) is 2.66. The van der Waals surface area contributed by atoms with Gasteiger partial charge >= 0.3 is 0 Å². The van der Waals surface area contributed by atoms with Crippen molar-refractivity contribution in [2.24, 2.45) is 0 Å². The van der Waals surface area contributed by atoms with Gasteiger partial charge in [0.1, 0.15) is 5.82 Å². The number of aromatic nitrogens is 2. The van der Waals surface area contributed by atoms with E-state index in [1.165, 1.54) is 11.1 Å². The zero-order valence-corrected chi connectivity index (χ0v) is 12.8. The van der Waals surface area contributed by atoms with E-state index < -0.39 is 0 Å². The molecule has 2 rings (SSSR count). The molecule has 0 aliphatic carbocycles. The van der Waals surface area contributed by atoms with Gasteiger partial charge in [-0.1, -0.05) is 36.8 Å². The molecule has 0 aliphatic rings. The van der Waals surface area contributed by atoms with Crippen LogP contribution in [0.1, 0.15) is 43.3 Å². The van der Waals surface area contributed by atoms with E-state index >= 15 is 0 Å². The topological polar surface area (TPSA) is 29.9 Å². The summed E-state index contributed by atoms with van der Waals surface area (Å²) in [7, 11) is 0. The van der Waals surface area contributed by atoms with E-state index in [-0.39, 0.29) is 0 Å². The van der Waals surface area contributed by atoms with E-state index in [0.717, 1.165) is 31.8 Å². The van der Waals surface area contributed by atoms with Gasteiger partial charge < -0.3 is 9.88 Å². The summed E-state index contributed by atoms with van der Waals surface area (Å²) in [5, 5.41) is 3.65. The molecule has 1 aromatic heterocycles. The van der Waals surface area contributed by atoms with Crippen molar-refractivity contribution < 1.29 is 0 Å². The molecule has 1 atom stereocenters. The Bertz CT molecular complexity index is 531. The number of benzene rings is 1. The Balaban J connectivity index is 2.19. The SMILES string of the molecule is CCCNC(Cc1nccn1CC)c1cccc(C)c1. The third kappa shape index (κ3) is 3.70. The number of hydrogen-bond acceptors (Lipinski definition) is 2. The first kappa shape index (κ1) is 14.8. The van der Waals surface area contributed by atoms with Gasteiger partial charge in [0.15, 0.2) is 0 Å². The van der Waals surface area contributed by atoms with Crippen LogP contribution in [0.15, 0.2) is 36.7 Å². The van der Waals surface area contributed by atoms with Gasteiger partial charge in [-0.25, -0.2) is 4.98 Å². The molecular weight excluding hydrogens is 246 g/mol. The minimum Gasteiger partial charge on any atom is -0.335 e. The summed E-state index contributed by atoms with van der Waals surface area (Å²) in [6.07, 6.45) is 6.03. The van der Waals surface area contributed by atoms with Gasteiger partial charge in [0.25, 0.3) is 0 Å². The van der Waals surface area contributed by atoms with Crippen LogP contribution in [-0.4, -0.2) is 16.1 Å². The lowest BCUT2D eigenvalue weighted by molar-refractivity contribution is 0.506. The second-order valence-corrected chi connectivity index (χ2v) is 5.25. The first-order chi connectivity index (χ1) is 9.74. The average molecular weight is 271 g/mol. The fourth-order valence-corrected chi connectivity index (χ4v) is 2.51. The zero-order chi connectivity index (χ0) is 14.4. The first-order valence-corrected chi connectivity index (χ1v) is 7.54. The Morgan fingerprint density at radius 1 is 1.30 bits per heavy atom. The highest BCUT2D eigenvalue weighted by Crippen LogP contribution is 2.19. The molecule has 1 heterocycles. The summed E-state index contributed by atoms with van der Waals surface area (Å²) in [4.78, 5) is 4.51. The van der Waals surface area contributed by atoms with Gasteiger partial charge in [-0.15, -0.1) is 0 Å². The van der Waals surface area contributed by atoms with Crippen LogP contribution in [0.4, 0.5) is 0 Å². The van der Waals surface area contributed by atoms with Crippen molar-refractivity contribution in [1.29, 1.82) is 0 Å². The smallest absolute Gasteiger partial charge is 0.110 e. The van der Waals surface area contributed by atoms with Gasteiger partial charge in [-0.05, 0) is 32.4 Å². The van der Waals surface area contributed by atoms with Crippen LogP contribution in [-0.2, 0) is 13.0 Å². The second kappa shape index (κ2) is 7.25. The van der Waals surface area contributed by atoms with Crippen LogP contribution in [0.3, 0.4) is 0 Å². The number of hydrogen-bond donors (Lipinski definition) is 1. The van der Waals surface area contributed by atoms with Crippen molar-refractivity contribution in [2.75, 3.05) is 6.54 Å². The molecular formula is C17H25N3. The van der Waals surface area contributed by atoms with Gasteiger partial charge in [-0.3, -0.25) is 0 Å². The molecule has 0 saturated carbocycles. The summed E-state index contributed by atoms with van der Waals surface area (Å²) in [5.74, 6) is 1.16. The molecule has 20 heavy (non-hydrogen) atoms. The molecule has 1 N–H and O–H groups in total. The van der Waals surface area contributed by atoms with Crippen molar-refractivity contribution in [2.45, 2.75) is 46.2 Å². The Morgan fingerprint density at radius 3 is 2.85 bits per heavy atom. The van der Waals surface area contributed by atoms with Gasteiger partial charge in [0.2, 0.25) is 0 Å². The molecule has 0 aliphatic heterocycles. The normalized spacial score (nSPS) is 12.6. The molecule has 0 spiro atoms. The maximum Gasteiger partial charge on any atom is 0.110 e. The maximum absolute atomic E-state index is 4.51. The van der Waals surface area contributed by atoms with E-state index in [4.69, 9.17) is 0 Å². The molecule has 0 bridgehead atoms. The summed E-state index contributed by atoms with van der Waals surface area (Å²) in [6, 6.07) is 9.10. The lowest BCUT2D eigenvalue weighted by Gasteiger charge is -2.19. The van der Waals surface area contributed by atoms with Crippen LogP contribution in [0.5, 0.6) is 0 Å². The molecule has 0 radical (unpaired) electrons. The summed E-state index contributed by atoms with van der Waals surface area (Å²) in [6.45, 7) is 8.52. The summed E-state index contributed by atoms with van der Waals surface area (Å²) >= 11 is 0. The molecule has 2 aromatic rings. The zero-order valence-electron chi connectivity index (χ0n) is 12.8. The Labute approximate surface area is 122 Å². The van der Waals surface area contributed by atoms with Crippen LogP contribution in [0.2, 0.25) is 0 Å². The molecule has 3 heteroatoms. The Kier molecular flexibility index (Phi) is 5.36. The van der Waals surface area contributed by atoms with E-state index in [1.807, 2.05) is 6.20 Å². The fraction of sp³-hybridized carbons (Fsp3) is 0.471. The first-order valence-electron chi connectivity index (χ1n) is 7.54. The lowest BCUT2D eigenvalue weighted by atomic mass is 10.0. The fourth-order valence-electron chi connectivity index (χ4n) is 2.51. The van der Waals surface area contributed by atoms with E-state index in [0.29, 0.717) is 6.04 Å². The third-order valence-electron chi connectivity index (χ3n) is 3.61. The maximum atomic E-state index is 4.51. The number of rotatable bonds is 7. The van der Waals surface area contributed by atoms with Crippen molar-refractivity contribution in [3.8, 4) is 0 Å². The van der Waals surface area contributed by atoms with Crippen LogP contribution in [0, 0.1) is 6.92 Å². The van der Waals surface area contributed by atoms with Crippen molar-refractivity contribution in [3.63, 3.8) is 0 Å². The molecule has 0 saturated heterocycles. The molecule has 0 fully saturated rings. The van der Waals surface area contributed by atoms with Gasteiger partial charge in [0, 0.05) is 31.4 Å². The van der Waals surface area contributed by atoms with Crippen molar-refractivity contribution >= 4 is 0 Å². The molecule has 0 amide bonds. The van der Waals surface area contributed by atoms with E-state index in [2.05, 4.69) is 66.1 Å². The highest BCUT2D eigenvalue weighted by Gasteiger charge is 2.14. The Hall–Kier alpha value is -1.61. The highest BCUT2D eigenvalue weighted by atomic mass is 15.1. The van der Waals surface area contributed by atoms with Gasteiger partial charge in [0.05, 0.1) is 0 Å². The van der Waals surface area contributed by atoms with E-state index in [9.17, 15) is 0 Å². The summed E-state index contributed by atoms with van der Waals surface area (Å²) < 4.78 is 2.22. The quantitative estimate of drug-likeness (QED) is 0.835. The highest BCUT2D eigenvalue weighted by molar-refractivity contribution is 5.26. The monoisotopic (exact) mass is 271 g/mol. The number of aryl methyl sites for hydroxylation is 2. The third-order valence-corrected chi connectivity index (χ3v) is 3.61. The lowest BCUT2D eigenvalue weighted by Crippen LogP contribution is -2.25. The van der Waals surface area contributed by atoms with Crippen LogP contribution >= 0.6 is 0 Å². The molecule has 108 valence electrons. The predicted octanol–water partition coefficient (Wildman–Crippen LogP) is 3.49. The second-order valence-electron chi connectivity index (χ2n) is 5.25. The molecule has 3 nitrogen and oxygen atoms in total. The Morgan fingerprint density at radius 2 is 2.15 bits per heavy atom. The molecule has 1 unspecified atom stereocenters. The molecule has 1 aromatic carbocycles. The van der Waals surface area contributed by atoms with Crippen molar-refractivity contribution in [1.82, 2.24) is 14.9 Å². The largest absolute Gasteiger partial charge is 0.335 e. The van der Waals surface area contributed by atoms with Crippen LogP contribution in [0.25, 0.3) is 0 Å².